The number of carbonyl (C=O) groups is 1. The number of carbonyl (C=O) groups excluding carboxylic acids is 1. The number of fused-ring (bicyclic) bond motifs is 2. The van der Waals surface area contributed by atoms with Crippen LogP contribution in [0.4, 0.5) is 5.13 Å². The number of nitrogens with zero attached hydrogens (tertiary/aromatic N) is 4. The predicted octanol–water partition coefficient (Wildman–Crippen LogP) is 5.59. The fourth-order valence-electron chi connectivity index (χ4n) is 4.82. The van der Waals surface area contributed by atoms with Gasteiger partial charge in [0.05, 0.1) is 27.4 Å². The molecule has 0 aliphatic carbocycles. The fraction of sp³-hybridized carbons (Fsp3) is 0.167. The number of hydrogen-bond donors (Lipinski definition) is 0. The van der Waals surface area contributed by atoms with E-state index in [1.807, 2.05) is 67.6 Å². The average molecular weight is 555 g/mol. The third-order valence-electron chi connectivity index (χ3n) is 6.97. The minimum atomic E-state index is -3.70. The van der Waals surface area contributed by atoms with Crippen molar-refractivity contribution in [3.63, 3.8) is 0 Å². The van der Waals surface area contributed by atoms with Gasteiger partial charge in [0.2, 0.25) is 10.0 Å². The number of aromatic nitrogens is 2. The smallest absolute Gasteiger partial charge is 0.260 e. The molecular formula is C30H26N4O3S2. The van der Waals surface area contributed by atoms with Crippen LogP contribution in [-0.2, 0) is 29.5 Å². The average Bonchev–Trinajstić information content (AvgIpc) is 3.41. The number of thiazole rings is 1. The number of benzene rings is 3. The molecule has 0 radical (unpaired) electrons. The van der Waals surface area contributed by atoms with E-state index >= 15 is 0 Å². The van der Waals surface area contributed by atoms with Crippen molar-refractivity contribution in [2.75, 3.05) is 11.4 Å². The van der Waals surface area contributed by atoms with Gasteiger partial charge < -0.3 is 0 Å². The van der Waals surface area contributed by atoms with Gasteiger partial charge in [-0.05, 0) is 72.5 Å². The number of rotatable bonds is 6. The minimum Gasteiger partial charge on any atom is -0.278 e. The third kappa shape index (κ3) is 4.96. The second-order valence-corrected chi connectivity index (χ2v) is 12.5. The van der Waals surface area contributed by atoms with Gasteiger partial charge in [0, 0.05) is 24.8 Å². The number of aryl methyl sites for hydroxylation is 1. The monoisotopic (exact) mass is 554 g/mol. The Morgan fingerprint density at radius 3 is 2.46 bits per heavy atom. The molecule has 0 N–H and O–H groups in total. The molecule has 0 atom stereocenters. The summed E-state index contributed by atoms with van der Waals surface area (Å²) in [6.07, 6.45) is 2.37. The molecule has 5 aromatic rings. The van der Waals surface area contributed by atoms with E-state index in [1.165, 1.54) is 33.3 Å². The molecule has 2 aromatic heterocycles. The van der Waals surface area contributed by atoms with Gasteiger partial charge in [-0.1, -0.05) is 53.8 Å². The number of sulfonamides is 1. The first-order valence-electron chi connectivity index (χ1n) is 12.6. The van der Waals surface area contributed by atoms with Crippen LogP contribution in [0.1, 0.15) is 32.7 Å². The van der Waals surface area contributed by atoms with Crippen molar-refractivity contribution in [2.45, 2.75) is 31.3 Å². The molecule has 0 fully saturated rings. The Hall–Kier alpha value is -3.92. The zero-order valence-corrected chi connectivity index (χ0v) is 23.0. The molecule has 1 amide bonds. The Kier molecular flexibility index (Phi) is 6.72. The molecule has 1 aliphatic heterocycles. The Labute approximate surface area is 231 Å². The van der Waals surface area contributed by atoms with E-state index in [2.05, 4.69) is 4.98 Å². The van der Waals surface area contributed by atoms with E-state index < -0.39 is 10.0 Å². The number of anilines is 1. The number of hydrogen-bond acceptors (Lipinski definition) is 6. The van der Waals surface area contributed by atoms with Crippen LogP contribution in [0.2, 0.25) is 0 Å². The summed E-state index contributed by atoms with van der Waals surface area (Å²) in [6.45, 7) is 3.01. The standard InChI is InChI=1S/C30H26N4O3S2/c1-21-7-6-11-27-28(21)32-30(38-27)34(20-25-10-4-5-17-31-25)29(35)23-12-14-26(15-13-23)39(36,37)33-18-16-22-8-2-3-9-24(22)19-33/h2-15,17H,16,18-20H2,1H3. The van der Waals surface area contributed by atoms with E-state index in [0.717, 1.165) is 27.0 Å². The summed E-state index contributed by atoms with van der Waals surface area (Å²) in [7, 11) is -3.70. The second-order valence-electron chi connectivity index (χ2n) is 9.51. The molecule has 0 saturated heterocycles. The molecule has 0 unspecified atom stereocenters. The molecule has 0 saturated carbocycles. The van der Waals surface area contributed by atoms with Crippen LogP contribution < -0.4 is 4.90 Å². The lowest BCUT2D eigenvalue weighted by Crippen LogP contribution is -2.36. The molecule has 39 heavy (non-hydrogen) atoms. The number of pyridine rings is 1. The quantitative estimate of drug-likeness (QED) is 0.273. The molecule has 7 nitrogen and oxygen atoms in total. The van der Waals surface area contributed by atoms with Gasteiger partial charge >= 0.3 is 0 Å². The van der Waals surface area contributed by atoms with Crippen molar-refractivity contribution < 1.29 is 13.2 Å². The van der Waals surface area contributed by atoms with Gasteiger partial charge in [-0.2, -0.15) is 4.31 Å². The molecule has 0 bridgehead atoms. The van der Waals surface area contributed by atoms with Gasteiger partial charge in [0.25, 0.3) is 5.91 Å². The number of amides is 1. The highest BCUT2D eigenvalue weighted by molar-refractivity contribution is 7.89. The van der Waals surface area contributed by atoms with Gasteiger partial charge in [-0.3, -0.25) is 14.7 Å². The van der Waals surface area contributed by atoms with Crippen LogP contribution in [0.5, 0.6) is 0 Å². The molecule has 0 spiro atoms. The summed E-state index contributed by atoms with van der Waals surface area (Å²) < 4.78 is 29.3. The highest BCUT2D eigenvalue weighted by Crippen LogP contribution is 2.32. The maximum atomic E-state index is 13.8. The van der Waals surface area contributed by atoms with Crippen LogP contribution in [0.25, 0.3) is 10.2 Å². The Morgan fingerprint density at radius 2 is 1.72 bits per heavy atom. The van der Waals surface area contributed by atoms with Crippen molar-refractivity contribution in [2.24, 2.45) is 0 Å². The Balaban J connectivity index is 1.30. The van der Waals surface area contributed by atoms with Crippen molar-refractivity contribution in [1.29, 1.82) is 0 Å². The summed E-state index contributed by atoms with van der Waals surface area (Å²) in [5.74, 6) is -0.270. The normalized spacial score (nSPS) is 13.8. The third-order valence-corrected chi connectivity index (χ3v) is 9.87. The highest BCUT2D eigenvalue weighted by atomic mass is 32.2. The minimum absolute atomic E-state index is 0.172. The zero-order valence-electron chi connectivity index (χ0n) is 21.3. The lowest BCUT2D eigenvalue weighted by atomic mass is 10.0. The first kappa shape index (κ1) is 25.4. The SMILES string of the molecule is Cc1cccc2sc(N(Cc3ccccn3)C(=O)c3ccc(S(=O)(=O)N4CCc5ccccc5C4)cc3)nc12. The van der Waals surface area contributed by atoms with Crippen molar-refractivity contribution in [1.82, 2.24) is 14.3 Å². The van der Waals surface area contributed by atoms with E-state index in [9.17, 15) is 13.2 Å². The predicted molar refractivity (Wildman–Crippen MR) is 153 cm³/mol. The number of para-hydroxylation sites is 1. The molecule has 9 heteroatoms. The molecule has 6 rings (SSSR count). The summed E-state index contributed by atoms with van der Waals surface area (Å²) in [5, 5.41) is 0.568. The maximum Gasteiger partial charge on any atom is 0.260 e. The summed E-state index contributed by atoms with van der Waals surface area (Å²) in [5.41, 5.74) is 5.21. The van der Waals surface area contributed by atoms with Gasteiger partial charge in [-0.15, -0.1) is 0 Å². The van der Waals surface area contributed by atoms with Crippen LogP contribution in [0, 0.1) is 6.92 Å². The van der Waals surface area contributed by atoms with Crippen LogP contribution in [-0.4, -0.2) is 35.1 Å². The lowest BCUT2D eigenvalue weighted by molar-refractivity contribution is 0.0984. The van der Waals surface area contributed by atoms with Crippen LogP contribution >= 0.6 is 11.3 Å². The zero-order chi connectivity index (χ0) is 27.0. The maximum absolute atomic E-state index is 13.8. The molecular weight excluding hydrogens is 528 g/mol. The van der Waals surface area contributed by atoms with E-state index in [0.29, 0.717) is 30.2 Å². The fourth-order valence-corrected chi connectivity index (χ4v) is 7.28. The Bertz CT molecular complexity index is 1770. The van der Waals surface area contributed by atoms with Crippen LogP contribution in [0.3, 0.4) is 0 Å². The van der Waals surface area contributed by atoms with Crippen molar-refractivity contribution in [3.05, 3.63) is 119 Å². The van der Waals surface area contributed by atoms with E-state index in [-0.39, 0.29) is 17.3 Å². The van der Waals surface area contributed by atoms with Gasteiger partial charge in [0.1, 0.15) is 0 Å². The van der Waals surface area contributed by atoms with Crippen molar-refractivity contribution >= 4 is 42.6 Å². The summed E-state index contributed by atoms with van der Waals surface area (Å²) in [4.78, 5) is 24.8. The largest absolute Gasteiger partial charge is 0.278 e. The molecule has 3 aromatic carbocycles. The van der Waals surface area contributed by atoms with E-state index in [4.69, 9.17) is 4.98 Å². The van der Waals surface area contributed by atoms with Crippen LogP contribution in [0.15, 0.2) is 96.0 Å². The van der Waals surface area contributed by atoms with Gasteiger partial charge in [-0.25, -0.2) is 13.4 Å². The Morgan fingerprint density at radius 1 is 0.949 bits per heavy atom. The molecule has 1 aliphatic rings. The van der Waals surface area contributed by atoms with E-state index in [1.54, 1.807) is 23.2 Å². The van der Waals surface area contributed by atoms with Gasteiger partial charge in [0.15, 0.2) is 5.13 Å². The second kappa shape index (κ2) is 10.3. The lowest BCUT2D eigenvalue weighted by Gasteiger charge is -2.28. The molecule has 3 heterocycles. The topological polar surface area (TPSA) is 83.5 Å². The first-order valence-corrected chi connectivity index (χ1v) is 14.9. The summed E-state index contributed by atoms with van der Waals surface area (Å²) in [6, 6.07) is 25.7. The highest BCUT2D eigenvalue weighted by Gasteiger charge is 2.29. The summed E-state index contributed by atoms with van der Waals surface area (Å²) >= 11 is 1.45. The molecule has 196 valence electrons. The van der Waals surface area contributed by atoms with Crippen molar-refractivity contribution in [3.8, 4) is 0 Å². The first-order chi connectivity index (χ1) is 18.9.